The first-order chi connectivity index (χ1) is 7.93. The zero-order valence-electron chi connectivity index (χ0n) is 9.95. The van der Waals surface area contributed by atoms with Crippen molar-refractivity contribution in [3.05, 3.63) is 0 Å². The molecule has 8 N–H and O–H groups in total. The smallest absolute Gasteiger partial charge is 0.329 e. The van der Waals surface area contributed by atoms with Crippen molar-refractivity contribution in [2.24, 2.45) is 5.73 Å². The monoisotopic (exact) mass is 284 g/mol. The van der Waals surface area contributed by atoms with Crippen LogP contribution in [0.3, 0.4) is 0 Å². The molecule has 0 rings (SSSR count). The van der Waals surface area contributed by atoms with Gasteiger partial charge in [0, 0.05) is 5.75 Å². The lowest BCUT2D eigenvalue weighted by Crippen LogP contribution is -2.30. The van der Waals surface area contributed by atoms with E-state index in [1.54, 1.807) is 0 Å². The van der Waals surface area contributed by atoms with E-state index in [9.17, 15) is 14.7 Å². The number of carbonyl (C=O) groups is 2. The maximum atomic E-state index is 10.4. The lowest BCUT2D eigenvalue weighted by molar-refractivity contribution is -0.143. The van der Waals surface area contributed by atoms with E-state index in [4.69, 9.17) is 20.7 Å². The summed E-state index contributed by atoms with van der Waals surface area (Å²) in [4.78, 5) is 20.5. The molecule has 0 aliphatic rings. The predicted molar refractivity (Wildman–Crippen MR) is 67.0 cm³/mol. The molecule has 0 aromatic carbocycles. The third-order valence-corrected chi connectivity index (χ3v) is 2.88. The van der Waals surface area contributed by atoms with E-state index in [1.165, 1.54) is 11.8 Å². The van der Waals surface area contributed by atoms with Crippen LogP contribution in [0.4, 0.5) is 0 Å². The number of hydrogen-bond acceptors (Lipinski definition) is 7. The SMILES string of the molecule is N.N[C@@H](CCSCC(O)COCC(=O)O)C(=O)O. The third-order valence-electron chi connectivity index (χ3n) is 1.74. The van der Waals surface area contributed by atoms with Crippen LogP contribution in [0.1, 0.15) is 6.42 Å². The number of carboxylic acids is 2. The van der Waals surface area contributed by atoms with Gasteiger partial charge in [-0.05, 0) is 12.2 Å². The van der Waals surface area contributed by atoms with E-state index in [2.05, 4.69) is 0 Å². The lowest BCUT2D eigenvalue weighted by Gasteiger charge is -2.10. The molecule has 0 spiro atoms. The standard InChI is InChI=1S/C9H17NO6S.H3N/c10-7(9(14)15)1-2-17-5-6(11)3-16-4-8(12)13;/h6-7,11H,1-5,10H2,(H,12,13)(H,14,15);1H3/t6?,7-;/m0./s1. The average Bonchev–Trinajstić information content (AvgIpc) is 2.23. The molecule has 108 valence electrons. The van der Waals surface area contributed by atoms with Gasteiger partial charge < -0.3 is 31.9 Å². The van der Waals surface area contributed by atoms with Crippen molar-refractivity contribution in [1.82, 2.24) is 6.15 Å². The Balaban J connectivity index is 0. The molecule has 0 saturated carbocycles. The van der Waals surface area contributed by atoms with Gasteiger partial charge in [0.25, 0.3) is 0 Å². The fraction of sp³-hybridized carbons (Fsp3) is 0.778. The van der Waals surface area contributed by atoms with E-state index >= 15 is 0 Å². The van der Waals surface area contributed by atoms with Gasteiger partial charge in [-0.3, -0.25) is 4.79 Å². The van der Waals surface area contributed by atoms with Crippen LogP contribution in [0.25, 0.3) is 0 Å². The van der Waals surface area contributed by atoms with E-state index in [0.717, 1.165) is 0 Å². The molecule has 0 amide bonds. The van der Waals surface area contributed by atoms with Crippen molar-refractivity contribution in [3.63, 3.8) is 0 Å². The number of ether oxygens (including phenoxy) is 1. The van der Waals surface area contributed by atoms with E-state index in [1.807, 2.05) is 0 Å². The first kappa shape index (κ1) is 19.5. The summed E-state index contributed by atoms with van der Waals surface area (Å²) in [6.07, 6.45) is -0.441. The Kier molecular flexibility index (Phi) is 12.2. The second-order valence-corrected chi connectivity index (χ2v) is 4.52. The highest BCUT2D eigenvalue weighted by molar-refractivity contribution is 7.99. The summed E-state index contributed by atoms with van der Waals surface area (Å²) < 4.78 is 4.69. The summed E-state index contributed by atoms with van der Waals surface area (Å²) in [7, 11) is 0. The van der Waals surface area contributed by atoms with Crippen LogP contribution in [0, 0.1) is 0 Å². The zero-order valence-corrected chi connectivity index (χ0v) is 10.8. The van der Waals surface area contributed by atoms with Crippen molar-refractivity contribution >= 4 is 23.7 Å². The van der Waals surface area contributed by atoms with Gasteiger partial charge in [-0.25, -0.2) is 4.79 Å². The molecule has 1 unspecified atom stereocenters. The number of thioether (sulfide) groups is 1. The highest BCUT2D eigenvalue weighted by Gasteiger charge is 2.11. The summed E-state index contributed by atoms with van der Waals surface area (Å²) in [6, 6.07) is -0.886. The second kappa shape index (κ2) is 11.2. The molecule has 0 radical (unpaired) electrons. The summed E-state index contributed by atoms with van der Waals surface area (Å²) in [5, 5.41) is 26.1. The maximum absolute atomic E-state index is 10.4. The average molecular weight is 284 g/mol. The Hall–Kier alpha value is -0.870. The van der Waals surface area contributed by atoms with Gasteiger partial charge >= 0.3 is 11.9 Å². The minimum atomic E-state index is -1.09. The Morgan fingerprint density at radius 2 is 1.94 bits per heavy atom. The number of aliphatic hydroxyl groups excluding tert-OH is 1. The van der Waals surface area contributed by atoms with Gasteiger partial charge in [-0.2, -0.15) is 11.8 Å². The normalized spacial score (nSPS) is 13.4. The molecule has 8 nitrogen and oxygen atoms in total. The summed E-state index contributed by atoms with van der Waals surface area (Å²) in [6.45, 7) is -0.490. The minimum Gasteiger partial charge on any atom is -0.480 e. The molecule has 0 aromatic rings. The molecule has 0 saturated heterocycles. The van der Waals surface area contributed by atoms with Crippen LogP contribution in [-0.4, -0.2) is 64.1 Å². The van der Waals surface area contributed by atoms with E-state index in [0.29, 0.717) is 17.9 Å². The first-order valence-electron chi connectivity index (χ1n) is 4.97. The zero-order chi connectivity index (χ0) is 13.3. The van der Waals surface area contributed by atoms with Gasteiger partial charge in [0.2, 0.25) is 0 Å². The predicted octanol–water partition coefficient (Wildman–Crippen LogP) is -0.854. The number of aliphatic hydroxyl groups is 1. The Labute approximate surface area is 109 Å². The van der Waals surface area contributed by atoms with Crippen molar-refractivity contribution in [3.8, 4) is 0 Å². The van der Waals surface area contributed by atoms with Crippen LogP contribution < -0.4 is 11.9 Å². The van der Waals surface area contributed by atoms with Crippen LogP contribution in [-0.2, 0) is 14.3 Å². The number of hydrogen-bond donors (Lipinski definition) is 5. The molecule has 0 aliphatic heterocycles. The first-order valence-corrected chi connectivity index (χ1v) is 6.12. The highest BCUT2D eigenvalue weighted by Crippen LogP contribution is 2.06. The van der Waals surface area contributed by atoms with Gasteiger partial charge in [-0.1, -0.05) is 0 Å². The fourth-order valence-electron chi connectivity index (χ4n) is 0.884. The van der Waals surface area contributed by atoms with E-state index in [-0.39, 0.29) is 12.8 Å². The van der Waals surface area contributed by atoms with E-state index < -0.39 is 30.7 Å². The maximum Gasteiger partial charge on any atom is 0.329 e. The van der Waals surface area contributed by atoms with Crippen molar-refractivity contribution in [2.45, 2.75) is 18.6 Å². The van der Waals surface area contributed by atoms with Gasteiger partial charge in [0.1, 0.15) is 12.6 Å². The molecular formula is C9H20N2O6S. The number of carboxylic acid groups (broad SMARTS) is 2. The Morgan fingerprint density at radius 1 is 1.33 bits per heavy atom. The van der Waals surface area contributed by atoms with Crippen LogP contribution >= 0.6 is 11.8 Å². The van der Waals surface area contributed by atoms with Gasteiger partial charge in [0.15, 0.2) is 0 Å². The van der Waals surface area contributed by atoms with Crippen molar-refractivity contribution in [1.29, 1.82) is 0 Å². The molecule has 2 atom stereocenters. The number of aliphatic carboxylic acids is 2. The summed E-state index contributed by atoms with van der Waals surface area (Å²) in [5.41, 5.74) is 5.28. The lowest BCUT2D eigenvalue weighted by atomic mass is 10.2. The topological polar surface area (TPSA) is 165 Å². The molecule has 0 aromatic heterocycles. The highest BCUT2D eigenvalue weighted by atomic mass is 32.2. The third kappa shape index (κ3) is 11.6. The quantitative estimate of drug-likeness (QED) is 0.321. The second-order valence-electron chi connectivity index (χ2n) is 3.37. The van der Waals surface area contributed by atoms with Crippen molar-refractivity contribution < 1.29 is 29.6 Å². The summed E-state index contributed by atoms with van der Waals surface area (Å²) in [5.74, 6) is -1.26. The molecule has 0 heterocycles. The largest absolute Gasteiger partial charge is 0.480 e. The Morgan fingerprint density at radius 3 is 2.44 bits per heavy atom. The van der Waals surface area contributed by atoms with Crippen LogP contribution in [0.15, 0.2) is 0 Å². The molecule has 9 heteroatoms. The van der Waals surface area contributed by atoms with Gasteiger partial charge in [-0.15, -0.1) is 0 Å². The molecule has 18 heavy (non-hydrogen) atoms. The molecule has 0 fully saturated rings. The molecule has 0 bridgehead atoms. The number of nitrogens with two attached hydrogens (primary N) is 1. The Bertz CT molecular complexity index is 253. The van der Waals surface area contributed by atoms with Crippen LogP contribution in [0.2, 0.25) is 0 Å². The number of rotatable bonds is 10. The molecule has 0 aliphatic carbocycles. The van der Waals surface area contributed by atoms with Gasteiger partial charge in [0.05, 0.1) is 12.7 Å². The molecular weight excluding hydrogens is 264 g/mol. The minimum absolute atomic E-state index is 0. The van der Waals surface area contributed by atoms with Crippen LogP contribution in [0.5, 0.6) is 0 Å². The van der Waals surface area contributed by atoms with Crippen molar-refractivity contribution in [2.75, 3.05) is 24.7 Å². The summed E-state index contributed by atoms with van der Waals surface area (Å²) >= 11 is 1.35. The fourth-order valence-corrected chi connectivity index (χ4v) is 1.84.